The highest BCUT2D eigenvalue weighted by atomic mass is 35.5. The van der Waals surface area contributed by atoms with Gasteiger partial charge in [0.15, 0.2) is 0 Å². The first-order valence-electron chi connectivity index (χ1n) is 4.02. The van der Waals surface area contributed by atoms with Crippen LogP contribution in [0, 0.1) is 6.92 Å². The highest BCUT2D eigenvalue weighted by Crippen LogP contribution is 2.12. The smallest absolute Gasteiger partial charge is 0.119 e. The summed E-state index contributed by atoms with van der Waals surface area (Å²) in [7, 11) is 0. The van der Waals surface area contributed by atoms with Crippen LogP contribution in [0.15, 0.2) is 24.3 Å². The molecule has 1 unspecified atom stereocenters. The van der Waals surface area contributed by atoms with Gasteiger partial charge in [-0.05, 0) is 26.0 Å². The van der Waals surface area contributed by atoms with E-state index in [0.717, 1.165) is 5.75 Å². The van der Waals surface area contributed by atoms with Crippen molar-refractivity contribution in [1.82, 2.24) is 0 Å². The minimum Gasteiger partial charge on any atom is -0.492 e. The summed E-state index contributed by atoms with van der Waals surface area (Å²) in [6.45, 7) is 4.52. The molecule has 66 valence electrons. The van der Waals surface area contributed by atoms with Crippen LogP contribution in [0.4, 0.5) is 0 Å². The molecule has 12 heavy (non-hydrogen) atoms. The normalized spacial score (nSPS) is 12.6. The van der Waals surface area contributed by atoms with Gasteiger partial charge in [-0.1, -0.05) is 17.7 Å². The lowest BCUT2D eigenvalue weighted by atomic mass is 10.2. The summed E-state index contributed by atoms with van der Waals surface area (Å²) in [6.07, 6.45) is 0. The zero-order valence-corrected chi connectivity index (χ0v) is 8.14. The van der Waals surface area contributed by atoms with E-state index in [1.807, 2.05) is 38.1 Å². The molecule has 0 bridgehead atoms. The van der Waals surface area contributed by atoms with Gasteiger partial charge in [-0.2, -0.15) is 0 Å². The van der Waals surface area contributed by atoms with Gasteiger partial charge in [0.2, 0.25) is 0 Å². The van der Waals surface area contributed by atoms with Gasteiger partial charge in [-0.15, -0.1) is 11.6 Å². The Bertz CT molecular complexity index is 228. The first kappa shape index (κ1) is 9.40. The third-order valence-electron chi connectivity index (χ3n) is 1.50. The molecule has 0 aliphatic carbocycles. The molecule has 0 N–H and O–H groups in total. The van der Waals surface area contributed by atoms with Crippen molar-refractivity contribution in [3.63, 3.8) is 0 Å². The Morgan fingerprint density at radius 3 is 2.42 bits per heavy atom. The fraction of sp³-hybridized carbons (Fsp3) is 0.400. The number of hydrogen-bond acceptors (Lipinski definition) is 1. The Kier molecular flexibility index (Phi) is 3.42. The molecule has 1 rings (SSSR count). The second kappa shape index (κ2) is 4.36. The number of halogens is 1. The molecule has 0 radical (unpaired) electrons. The predicted molar refractivity (Wildman–Crippen MR) is 52.0 cm³/mol. The fourth-order valence-electron chi connectivity index (χ4n) is 0.846. The second-order valence-electron chi connectivity index (χ2n) is 2.90. The molecular formula is C10H13ClO. The molecule has 0 amide bonds. The zero-order valence-electron chi connectivity index (χ0n) is 7.38. The van der Waals surface area contributed by atoms with Crippen LogP contribution in [0.25, 0.3) is 0 Å². The molecule has 2 heteroatoms. The standard InChI is InChI=1S/C10H13ClO/c1-8-3-5-10(6-4-8)12-7-9(2)11/h3-6,9H,7H2,1-2H3. The Hall–Kier alpha value is -0.690. The molecule has 1 nitrogen and oxygen atoms in total. The van der Waals surface area contributed by atoms with Crippen molar-refractivity contribution in [1.29, 1.82) is 0 Å². The molecule has 0 aliphatic rings. The van der Waals surface area contributed by atoms with Crippen molar-refractivity contribution in [3.05, 3.63) is 29.8 Å². The zero-order chi connectivity index (χ0) is 8.97. The van der Waals surface area contributed by atoms with E-state index in [9.17, 15) is 0 Å². The van der Waals surface area contributed by atoms with Gasteiger partial charge >= 0.3 is 0 Å². The topological polar surface area (TPSA) is 9.23 Å². The highest BCUT2D eigenvalue weighted by Gasteiger charge is 1.97. The summed E-state index contributed by atoms with van der Waals surface area (Å²) in [5, 5.41) is 0.0614. The third kappa shape index (κ3) is 3.14. The van der Waals surface area contributed by atoms with Crippen LogP contribution < -0.4 is 4.74 Å². The quantitative estimate of drug-likeness (QED) is 0.657. The maximum atomic E-state index is 5.73. The molecule has 0 saturated heterocycles. The number of aryl methyl sites for hydroxylation is 1. The lowest BCUT2D eigenvalue weighted by molar-refractivity contribution is 0.320. The molecule has 0 heterocycles. The van der Waals surface area contributed by atoms with E-state index in [1.54, 1.807) is 0 Å². The highest BCUT2D eigenvalue weighted by molar-refractivity contribution is 6.20. The van der Waals surface area contributed by atoms with Gasteiger partial charge in [-0.3, -0.25) is 0 Å². The lowest BCUT2D eigenvalue weighted by Gasteiger charge is -2.06. The molecule has 0 aliphatic heterocycles. The Morgan fingerprint density at radius 2 is 1.92 bits per heavy atom. The van der Waals surface area contributed by atoms with E-state index < -0.39 is 0 Å². The summed E-state index contributed by atoms with van der Waals surface area (Å²) < 4.78 is 5.39. The molecule has 0 spiro atoms. The van der Waals surface area contributed by atoms with Crippen LogP contribution in [0.5, 0.6) is 5.75 Å². The van der Waals surface area contributed by atoms with Gasteiger partial charge in [0.25, 0.3) is 0 Å². The minimum absolute atomic E-state index is 0.0614. The average molecular weight is 185 g/mol. The summed E-state index contributed by atoms with van der Waals surface area (Å²) in [5.74, 6) is 0.883. The van der Waals surface area contributed by atoms with Gasteiger partial charge in [0, 0.05) is 0 Å². The molecule has 1 aromatic rings. The molecule has 1 aromatic carbocycles. The van der Waals surface area contributed by atoms with Gasteiger partial charge in [-0.25, -0.2) is 0 Å². The number of hydrogen-bond donors (Lipinski definition) is 0. The summed E-state index contributed by atoms with van der Waals surface area (Å²) in [4.78, 5) is 0. The number of rotatable bonds is 3. The summed E-state index contributed by atoms with van der Waals surface area (Å²) >= 11 is 5.73. The van der Waals surface area contributed by atoms with Crippen LogP contribution >= 0.6 is 11.6 Å². The first-order valence-corrected chi connectivity index (χ1v) is 4.45. The van der Waals surface area contributed by atoms with Crippen LogP contribution in [0.1, 0.15) is 12.5 Å². The van der Waals surface area contributed by atoms with Crippen molar-refractivity contribution >= 4 is 11.6 Å². The molecule has 0 fully saturated rings. The average Bonchev–Trinajstić information content (AvgIpc) is 2.03. The molecule has 0 saturated carbocycles. The van der Waals surface area contributed by atoms with Crippen molar-refractivity contribution < 1.29 is 4.74 Å². The lowest BCUT2D eigenvalue weighted by Crippen LogP contribution is -2.06. The van der Waals surface area contributed by atoms with Crippen LogP contribution in [0.2, 0.25) is 0 Å². The van der Waals surface area contributed by atoms with E-state index >= 15 is 0 Å². The van der Waals surface area contributed by atoms with E-state index in [4.69, 9.17) is 16.3 Å². The Morgan fingerprint density at radius 1 is 1.33 bits per heavy atom. The van der Waals surface area contributed by atoms with Crippen molar-refractivity contribution in [2.45, 2.75) is 19.2 Å². The van der Waals surface area contributed by atoms with Crippen LogP contribution in [-0.2, 0) is 0 Å². The fourth-order valence-corrected chi connectivity index (χ4v) is 0.909. The van der Waals surface area contributed by atoms with Crippen molar-refractivity contribution in [3.8, 4) is 5.75 Å². The largest absolute Gasteiger partial charge is 0.492 e. The van der Waals surface area contributed by atoms with E-state index in [1.165, 1.54) is 5.56 Å². The molecule has 1 atom stereocenters. The number of benzene rings is 1. The summed E-state index contributed by atoms with van der Waals surface area (Å²) in [6, 6.07) is 7.95. The number of ether oxygens (including phenoxy) is 1. The summed E-state index contributed by atoms with van der Waals surface area (Å²) in [5.41, 5.74) is 1.24. The van der Waals surface area contributed by atoms with Crippen LogP contribution in [-0.4, -0.2) is 12.0 Å². The van der Waals surface area contributed by atoms with E-state index in [-0.39, 0.29) is 5.38 Å². The Balaban J connectivity index is 2.48. The first-order chi connectivity index (χ1) is 5.68. The van der Waals surface area contributed by atoms with Gasteiger partial charge in [0.1, 0.15) is 12.4 Å². The van der Waals surface area contributed by atoms with E-state index in [0.29, 0.717) is 6.61 Å². The van der Waals surface area contributed by atoms with Crippen molar-refractivity contribution in [2.75, 3.05) is 6.61 Å². The maximum absolute atomic E-state index is 5.73. The SMILES string of the molecule is Cc1ccc(OCC(C)Cl)cc1. The second-order valence-corrected chi connectivity index (χ2v) is 3.65. The molecule has 0 aromatic heterocycles. The Labute approximate surface area is 78.3 Å². The van der Waals surface area contributed by atoms with E-state index in [2.05, 4.69) is 0 Å². The minimum atomic E-state index is 0.0614. The van der Waals surface area contributed by atoms with Crippen LogP contribution in [0.3, 0.4) is 0 Å². The van der Waals surface area contributed by atoms with Crippen molar-refractivity contribution in [2.24, 2.45) is 0 Å². The molecular weight excluding hydrogens is 172 g/mol. The number of alkyl halides is 1. The third-order valence-corrected chi connectivity index (χ3v) is 1.63. The monoisotopic (exact) mass is 184 g/mol. The van der Waals surface area contributed by atoms with Gasteiger partial charge < -0.3 is 4.74 Å². The van der Waals surface area contributed by atoms with Gasteiger partial charge in [0.05, 0.1) is 5.38 Å². The maximum Gasteiger partial charge on any atom is 0.119 e. The predicted octanol–water partition coefficient (Wildman–Crippen LogP) is 3.00.